The van der Waals surface area contributed by atoms with Crippen LogP contribution in [0, 0.1) is 23.7 Å². The molecule has 4 fully saturated rings. The van der Waals surface area contributed by atoms with Crippen molar-refractivity contribution < 1.29 is 4.79 Å². The predicted molar refractivity (Wildman–Crippen MR) is 70.1 cm³/mol. The highest BCUT2D eigenvalue weighted by atomic mass is 16.2. The SMILES string of the molecule is CCC1(NC(=O)NC2[C@@H]3[C@H]4CC[C@@H](C4)[C@@H]23)CCC1. The van der Waals surface area contributed by atoms with Gasteiger partial charge in [0.05, 0.1) is 0 Å². The Morgan fingerprint density at radius 3 is 2.39 bits per heavy atom. The molecule has 3 heteroatoms. The lowest BCUT2D eigenvalue weighted by molar-refractivity contribution is 0.171. The number of carbonyl (C=O) groups excluding carboxylic acids is 1. The molecule has 0 spiro atoms. The van der Waals surface area contributed by atoms with Gasteiger partial charge in [-0.15, -0.1) is 0 Å². The van der Waals surface area contributed by atoms with E-state index in [2.05, 4.69) is 17.6 Å². The Hall–Kier alpha value is -0.730. The number of nitrogens with one attached hydrogen (secondary N) is 2. The highest BCUT2D eigenvalue weighted by molar-refractivity contribution is 5.76. The summed E-state index contributed by atoms with van der Waals surface area (Å²) in [5.41, 5.74) is 0.132. The van der Waals surface area contributed by atoms with Gasteiger partial charge in [-0.25, -0.2) is 4.79 Å². The molecular formula is C15H24N2O. The van der Waals surface area contributed by atoms with Gasteiger partial charge in [-0.1, -0.05) is 6.92 Å². The van der Waals surface area contributed by atoms with Crippen molar-refractivity contribution in [2.24, 2.45) is 23.7 Å². The summed E-state index contributed by atoms with van der Waals surface area (Å²) in [6.07, 6.45) is 8.97. The second kappa shape index (κ2) is 3.64. The van der Waals surface area contributed by atoms with E-state index >= 15 is 0 Å². The lowest BCUT2D eigenvalue weighted by Gasteiger charge is -2.42. The van der Waals surface area contributed by atoms with E-state index in [1.165, 1.54) is 38.5 Å². The number of hydrogen-bond acceptors (Lipinski definition) is 1. The van der Waals surface area contributed by atoms with Crippen LogP contribution in [0.15, 0.2) is 0 Å². The monoisotopic (exact) mass is 248 g/mol. The van der Waals surface area contributed by atoms with Crippen LogP contribution < -0.4 is 10.6 Å². The summed E-state index contributed by atoms with van der Waals surface area (Å²) < 4.78 is 0. The predicted octanol–water partition coefficient (Wildman–Crippen LogP) is 2.66. The van der Waals surface area contributed by atoms with Crippen LogP contribution in [0.3, 0.4) is 0 Å². The van der Waals surface area contributed by atoms with E-state index in [0.29, 0.717) is 6.04 Å². The van der Waals surface area contributed by atoms with Crippen LogP contribution in [-0.2, 0) is 0 Å². The molecule has 2 bridgehead atoms. The number of amides is 2. The lowest BCUT2D eigenvalue weighted by atomic mass is 9.75. The van der Waals surface area contributed by atoms with E-state index in [0.717, 1.165) is 30.1 Å². The molecule has 0 heterocycles. The van der Waals surface area contributed by atoms with Gasteiger partial charge in [0, 0.05) is 11.6 Å². The van der Waals surface area contributed by atoms with Crippen molar-refractivity contribution in [3.63, 3.8) is 0 Å². The number of fused-ring (bicyclic) bond motifs is 5. The van der Waals surface area contributed by atoms with Crippen LogP contribution in [0.2, 0.25) is 0 Å². The van der Waals surface area contributed by atoms with Crippen LogP contribution in [0.4, 0.5) is 4.79 Å². The first-order valence-electron chi connectivity index (χ1n) is 7.81. The molecule has 18 heavy (non-hydrogen) atoms. The van der Waals surface area contributed by atoms with Gasteiger partial charge in [0.2, 0.25) is 0 Å². The molecule has 0 saturated heterocycles. The van der Waals surface area contributed by atoms with Gasteiger partial charge in [0.15, 0.2) is 0 Å². The second-order valence-corrected chi connectivity index (χ2v) is 7.10. The van der Waals surface area contributed by atoms with Crippen molar-refractivity contribution >= 4 is 6.03 Å². The van der Waals surface area contributed by atoms with E-state index in [-0.39, 0.29) is 11.6 Å². The minimum atomic E-state index is 0.107. The first-order chi connectivity index (χ1) is 8.72. The fourth-order valence-electron chi connectivity index (χ4n) is 5.12. The Balaban J connectivity index is 1.32. The lowest BCUT2D eigenvalue weighted by Crippen LogP contribution is -2.56. The van der Waals surface area contributed by atoms with Gasteiger partial charge in [-0.3, -0.25) is 0 Å². The zero-order valence-electron chi connectivity index (χ0n) is 11.2. The Bertz CT molecular complexity index is 355. The Morgan fingerprint density at radius 1 is 1.22 bits per heavy atom. The van der Waals surface area contributed by atoms with Crippen LogP contribution in [-0.4, -0.2) is 17.6 Å². The normalized spacial score (nSPS) is 46.2. The molecular weight excluding hydrogens is 224 g/mol. The molecule has 0 aliphatic heterocycles. The van der Waals surface area contributed by atoms with Gasteiger partial charge in [0.25, 0.3) is 0 Å². The summed E-state index contributed by atoms with van der Waals surface area (Å²) in [5.74, 6) is 3.56. The first kappa shape index (κ1) is 11.1. The third-order valence-corrected chi connectivity index (χ3v) is 6.40. The van der Waals surface area contributed by atoms with E-state index < -0.39 is 0 Å². The standard InChI is InChI=1S/C15H24N2O/c1-2-15(6-3-7-15)17-14(18)16-13-11-9-4-5-10(8-9)12(11)13/h9-13H,2-8H2,1H3,(H2,16,17,18)/t9-,10-,11+,12+/m0/s1. The van der Waals surface area contributed by atoms with Gasteiger partial charge >= 0.3 is 6.03 Å². The minimum Gasteiger partial charge on any atom is -0.335 e. The maximum absolute atomic E-state index is 12.1. The summed E-state index contributed by atoms with van der Waals surface area (Å²) in [6, 6.07) is 0.626. The molecule has 3 nitrogen and oxygen atoms in total. The molecule has 4 atom stereocenters. The fourth-order valence-corrected chi connectivity index (χ4v) is 5.12. The molecule has 2 amide bonds. The highest BCUT2D eigenvalue weighted by Gasteiger charge is 2.65. The summed E-state index contributed by atoms with van der Waals surface area (Å²) in [6.45, 7) is 2.19. The molecule has 0 unspecified atom stereocenters. The molecule has 4 aliphatic rings. The maximum atomic E-state index is 12.1. The van der Waals surface area contributed by atoms with Crippen molar-refractivity contribution in [3.8, 4) is 0 Å². The molecule has 0 aromatic heterocycles. The average molecular weight is 248 g/mol. The smallest absolute Gasteiger partial charge is 0.315 e. The largest absolute Gasteiger partial charge is 0.335 e. The van der Waals surface area contributed by atoms with Crippen molar-refractivity contribution in [1.82, 2.24) is 10.6 Å². The molecule has 0 aromatic carbocycles. The first-order valence-corrected chi connectivity index (χ1v) is 7.81. The number of carbonyl (C=O) groups is 1. The average Bonchev–Trinajstić information content (AvgIpc) is 2.73. The van der Waals surface area contributed by atoms with Crippen molar-refractivity contribution in [2.75, 3.05) is 0 Å². The fraction of sp³-hybridized carbons (Fsp3) is 0.933. The Kier molecular flexibility index (Phi) is 2.25. The van der Waals surface area contributed by atoms with E-state index in [1.807, 2.05) is 0 Å². The third kappa shape index (κ3) is 1.45. The number of hydrogen-bond donors (Lipinski definition) is 2. The molecule has 0 radical (unpaired) electrons. The van der Waals surface area contributed by atoms with E-state index in [4.69, 9.17) is 0 Å². The quantitative estimate of drug-likeness (QED) is 0.792. The summed E-state index contributed by atoms with van der Waals surface area (Å²) in [7, 11) is 0. The molecule has 4 aliphatic carbocycles. The van der Waals surface area contributed by atoms with Crippen LogP contribution >= 0.6 is 0 Å². The number of urea groups is 1. The van der Waals surface area contributed by atoms with Gasteiger partial charge < -0.3 is 10.6 Å². The zero-order chi connectivity index (χ0) is 12.3. The summed E-state index contributed by atoms with van der Waals surface area (Å²) in [5, 5.41) is 6.51. The molecule has 2 N–H and O–H groups in total. The minimum absolute atomic E-state index is 0.107. The topological polar surface area (TPSA) is 41.1 Å². The van der Waals surface area contributed by atoms with Crippen molar-refractivity contribution in [1.29, 1.82) is 0 Å². The number of rotatable bonds is 3. The van der Waals surface area contributed by atoms with Crippen LogP contribution in [0.25, 0.3) is 0 Å². The summed E-state index contributed by atoms with van der Waals surface area (Å²) >= 11 is 0. The Labute approximate surface area is 109 Å². The van der Waals surface area contributed by atoms with Crippen LogP contribution in [0.5, 0.6) is 0 Å². The molecule has 4 saturated carbocycles. The Morgan fingerprint density at radius 2 is 1.89 bits per heavy atom. The molecule has 4 rings (SSSR count). The highest BCUT2D eigenvalue weighted by Crippen LogP contribution is 2.65. The maximum Gasteiger partial charge on any atom is 0.315 e. The van der Waals surface area contributed by atoms with E-state index in [9.17, 15) is 4.79 Å². The third-order valence-electron chi connectivity index (χ3n) is 6.40. The molecule has 0 aromatic rings. The second-order valence-electron chi connectivity index (χ2n) is 7.10. The van der Waals surface area contributed by atoms with Crippen molar-refractivity contribution in [3.05, 3.63) is 0 Å². The summed E-state index contributed by atoms with van der Waals surface area (Å²) in [4.78, 5) is 12.1. The van der Waals surface area contributed by atoms with Gasteiger partial charge in [-0.2, -0.15) is 0 Å². The van der Waals surface area contributed by atoms with Crippen LogP contribution in [0.1, 0.15) is 51.9 Å². The van der Waals surface area contributed by atoms with Gasteiger partial charge in [0.1, 0.15) is 0 Å². The van der Waals surface area contributed by atoms with E-state index in [1.54, 1.807) is 0 Å². The van der Waals surface area contributed by atoms with Crippen molar-refractivity contribution in [2.45, 2.75) is 63.5 Å². The zero-order valence-corrected chi connectivity index (χ0v) is 11.2. The van der Waals surface area contributed by atoms with Gasteiger partial charge in [-0.05, 0) is 68.6 Å². The molecule has 100 valence electrons.